The third-order valence-electron chi connectivity index (χ3n) is 4.45. The number of nitrogens with zero attached hydrogens (tertiary/aromatic N) is 6. The molecule has 5 aromatic rings. The number of fused-ring (bicyclic) bond motifs is 2. The average Bonchev–Trinajstić information content (AvgIpc) is 3.28. The number of pyridine rings is 1. The Morgan fingerprint density at radius 3 is 2.52 bits per heavy atom. The third kappa shape index (κ3) is 2.72. The molecule has 7 heteroatoms. The zero-order valence-electron chi connectivity index (χ0n) is 14.9. The highest BCUT2D eigenvalue weighted by Gasteiger charge is 2.15. The summed E-state index contributed by atoms with van der Waals surface area (Å²) in [5.74, 6) is 0.735. The fourth-order valence-electron chi connectivity index (χ4n) is 2.99. The second-order valence-corrected chi connectivity index (χ2v) is 7.41. The van der Waals surface area contributed by atoms with Gasteiger partial charge in [-0.05, 0) is 36.4 Å². The smallest absolute Gasteiger partial charge is 0.235 e. The molecule has 0 aliphatic rings. The van der Waals surface area contributed by atoms with E-state index in [0.29, 0.717) is 0 Å². The number of para-hydroxylation sites is 1. The first kappa shape index (κ1) is 15.9. The van der Waals surface area contributed by atoms with Crippen molar-refractivity contribution in [2.24, 2.45) is 0 Å². The fraction of sp³-hybridized carbons (Fsp3) is 0.100. The van der Waals surface area contributed by atoms with E-state index in [-0.39, 0.29) is 0 Å². The van der Waals surface area contributed by atoms with Crippen LogP contribution < -0.4 is 4.90 Å². The van der Waals surface area contributed by atoms with Crippen LogP contribution in [0.25, 0.3) is 38.0 Å². The zero-order valence-corrected chi connectivity index (χ0v) is 15.7. The molecule has 6 nitrogen and oxygen atoms in total. The number of hydrogen-bond acceptors (Lipinski definition) is 6. The predicted octanol–water partition coefficient (Wildman–Crippen LogP) is 4.13. The van der Waals surface area contributed by atoms with E-state index in [1.54, 1.807) is 4.52 Å². The molecule has 2 aromatic carbocycles. The van der Waals surface area contributed by atoms with Gasteiger partial charge in [-0.2, -0.15) is 9.61 Å². The molecule has 3 heterocycles. The van der Waals surface area contributed by atoms with Crippen molar-refractivity contribution in [3.63, 3.8) is 0 Å². The van der Waals surface area contributed by atoms with E-state index in [1.165, 1.54) is 11.3 Å². The summed E-state index contributed by atoms with van der Waals surface area (Å²) in [4.78, 5) is 7.56. The molecule has 0 fully saturated rings. The van der Waals surface area contributed by atoms with Crippen molar-refractivity contribution in [3.05, 3.63) is 60.7 Å². The van der Waals surface area contributed by atoms with Crippen LogP contribution in [-0.2, 0) is 0 Å². The van der Waals surface area contributed by atoms with Gasteiger partial charge in [-0.3, -0.25) is 0 Å². The summed E-state index contributed by atoms with van der Waals surface area (Å²) in [5, 5.41) is 15.3. The average molecular weight is 372 g/mol. The van der Waals surface area contributed by atoms with Crippen LogP contribution in [0.3, 0.4) is 0 Å². The number of hydrogen-bond donors (Lipinski definition) is 0. The van der Waals surface area contributed by atoms with Gasteiger partial charge in [0.15, 0.2) is 10.8 Å². The maximum atomic E-state index is 4.73. The van der Waals surface area contributed by atoms with Crippen LogP contribution in [0.15, 0.2) is 60.7 Å². The summed E-state index contributed by atoms with van der Waals surface area (Å²) in [7, 11) is 4.04. The lowest BCUT2D eigenvalue weighted by Crippen LogP contribution is -2.08. The van der Waals surface area contributed by atoms with Gasteiger partial charge in [0.25, 0.3) is 0 Å². The van der Waals surface area contributed by atoms with Crippen molar-refractivity contribution in [1.29, 1.82) is 0 Å². The Morgan fingerprint density at radius 1 is 0.889 bits per heavy atom. The molecule has 0 atom stereocenters. The first-order valence-corrected chi connectivity index (χ1v) is 9.37. The third-order valence-corrected chi connectivity index (χ3v) is 5.37. The standard InChI is InChI=1S/C20H16N6S/c1-25(2)15-10-7-14(8-11-15)18-22-23-20-26(18)24-19(27-20)17-12-9-13-5-3-4-6-16(13)21-17/h3-12H,1-2H3. The van der Waals surface area contributed by atoms with Crippen LogP contribution in [0, 0.1) is 0 Å². The van der Waals surface area contributed by atoms with Gasteiger partial charge in [-0.15, -0.1) is 10.2 Å². The van der Waals surface area contributed by atoms with Gasteiger partial charge in [-0.25, -0.2) is 4.98 Å². The molecular weight excluding hydrogens is 356 g/mol. The van der Waals surface area contributed by atoms with E-state index in [4.69, 9.17) is 10.1 Å². The lowest BCUT2D eigenvalue weighted by molar-refractivity contribution is 0.967. The van der Waals surface area contributed by atoms with Crippen LogP contribution in [0.4, 0.5) is 5.69 Å². The van der Waals surface area contributed by atoms with Crippen LogP contribution in [0.5, 0.6) is 0 Å². The van der Waals surface area contributed by atoms with Crippen molar-refractivity contribution in [2.75, 3.05) is 19.0 Å². The maximum Gasteiger partial charge on any atom is 0.235 e. The second kappa shape index (κ2) is 6.14. The topological polar surface area (TPSA) is 59.2 Å². The van der Waals surface area contributed by atoms with Gasteiger partial charge in [0.2, 0.25) is 4.96 Å². The summed E-state index contributed by atoms with van der Waals surface area (Å²) in [6.07, 6.45) is 0. The number of rotatable bonds is 3. The predicted molar refractivity (Wildman–Crippen MR) is 109 cm³/mol. The summed E-state index contributed by atoms with van der Waals surface area (Å²) >= 11 is 1.49. The molecule has 0 radical (unpaired) electrons. The minimum Gasteiger partial charge on any atom is -0.378 e. The van der Waals surface area contributed by atoms with Gasteiger partial charge in [-0.1, -0.05) is 35.6 Å². The second-order valence-electron chi connectivity index (χ2n) is 6.46. The highest BCUT2D eigenvalue weighted by molar-refractivity contribution is 7.19. The number of aromatic nitrogens is 5. The Balaban J connectivity index is 1.58. The number of benzene rings is 2. The molecule has 0 saturated carbocycles. The summed E-state index contributed by atoms with van der Waals surface area (Å²) in [6, 6.07) is 20.4. The summed E-state index contributed by atoms with van der Waals surface area (Å²) in [6.45, 7) is 0. The monoisotopic (exact) mass is 372 g/mol. The van der Waals surface area contributed by atoms with Gasteiger partial charge in [0, 0.05) is 30.7 Å². The first-order chi connectivity index (χ1) is 13.2. The van der Waals surface area contributed by atoms with Crippen LogP contribution in [0.1, 0.15) is 0 Å². The molecule has 0 amide bonds. The summed E-state index contributed by atoms with van der Waals surface area (Å²) in [5.41, 5.74) is 3.92. The molecule has 0 aliphatic heterocycles. The Labute approximate surface area is 159 Å². The van der Waals surface area contributed by atoms with Gasteiger partial charge < -0.3 is 4.90 Å². The van der Waals surface area contributed by atoms with Crippen molar-refractivity contribution in [2.45, 2.75) is 0 Å². The maximum absolute atomic E-state index is 4.73. The minimum absolute atomic E-state index is 0.735. The molecule has 0 aliphatic carbocycles. The molecular formula is C20H16N6S. The quantitative estimate of drug-likeness (QED) is 0.476. The molecule has 27 heavy (non-hydrogen) atoms. The van der Waals surface area contributed by atoms with Crippen molar-refractivity contribution in [1.82, 2.24) is 24.8 Å². The van der Waals surface area contributed by atoms with E-state index in [0.717, 1.165) is 43.6 Å². The van der Waals surface area contributed by atoms with E-state index in [9.17, 15) is 0 Å². The Bertz CT molecular complexity index is 1250. The fourth-order valence-corrected chi connectivity index (χ4v) is 3.80. The largest absolute Gasteiger partial charge is 0.378 e. The Hall–Kier alpha value is -3.32. The molecule has 0 bridgehead atoms. The van der Waals surface area contributed by atoms with Gasteiger partial charge >= 0.3 is 0 Å². The highest BCUT2D eigenvalue weighted by Crippen LogP contribution is 2.28. The van der Waals surface area contributed by atoms with Crippen molar-refractivity contribution < 1.29 is 0 Å². The normalized spacial score (nSPS) is 11.3. The molecule has 0 unspecified atom stereocenters. The molecule has 5 rings (SSSR count). The lowest BCUT2D eigenvalue weighted by atomic mass is 10.2. The van der Waals surface area contributed by atoms with Crippen molar-refractivity contribution >= 4 is 32.9 Å². The summed E-state index contributed by atoms with van der Waals surface area (Å²) < 4.78 is 1.79. The molecule has 3 aromatic heterocycles. The van der Waals surface area contributed by atoms with E-state index in [2.05, 4.69) is 39.4 Å². The first-order valence-electron chi connectivity index (χ1n) is 8.55. The molecule has 0 saturated heterocycles. The van der Waals surface area contributed by atoms with Crippen LogP contribution in [0.2, 0.25) is 0 Å². The number of anilines is 1. The minimum atomic E-state index is 0.735. The van der Waals surface area contributed by atoms with E-state index < -0.39 is 0 Å². The molecule has 132 valence electrons. The van der Waals surface area contributed by atoms with Crippen molar-refractivity contribution in [3.8, 4) is 22.1 Å². The van der Waals surface area contributed by atoms with E-state index in [1.807, 2.05) is 50.5 Å². The lowest BCUT2D eigenvalue weighted by Gasteiger charge is -2.11. The SMILES string of the molecule is CN(C)c1ccc(-c2nnc3sc(-c4ccc5ccccc5n4)nn23)cc1. The molecule has 0 N–H and O–H groups in total. The highest BCUT2D eigenvalue weighted by atomic mass is 32.1. The Morgan fingerprint density at radius 2 is 1.70 bits per heavy atom. The molecule has 0 spiro atoms. The van der Waals surface area contributed by atoms with Gasteiger partial charge in [0.05, 0.1) is 5.52 Å². The van der Waals surface area contributed by atoms with E-state index >= 15 is 0 Å². The van der Waals surface area contributed by atoms with Crippen LogP contribution >= 0.6 is 11.3 Å². The van der Waals surface area contributed by atoms with Gasteiger partial charge in [0.1, 0.15) is 5.69 Å². The zero-order chi connectivity index (χ0) is 18.4. The van der Waals surface area contributed by atoms with Crippen LogP contribution in [-0.4, -0.2) is 38.9 Å². The Kier molecular flexibility index (Phi) is 3.61.